The van der Waals surface area contributed by atoms with Gasteiger partial charge in [-0.05, 0) is 38.5 Å². The molecule has 1 amide bonds. The van der Waals surface area contributed by atoms with Gasteiger partial charge in [0.15, 0.2) is 5.96 Å². The topological polar surface area (TPSA) is 66.0 Å². The van der Waals surface area contributed by atoms with Gasteiger partial charge in [0.25, 0.3) is 0 Å². The van der Waals surface area contributed by atoms with E-state index in [-0.39, 0.29) is 29.9 Å². The highest BCUT2D eigenvalue weighted by Crippen LogP contribution is 2.28. The van der Waals surface area contributed by atoms with Crippen molar-refractivity contribution in [2.45, 2.75) is 64.3 Å². The van der Waals surface area contributed by atoms with Crippen molar-refractivity contribution >= 4 is 35.8 Å². The molecular formula is C19H37IN4O2. The second kappa shape index (κ2) is 13.6. The molecule has 0 atom stereocenters. The van der Waals surface area contributed by atoms with Crippen molar-refractivity contribution in [2.24, 2.45) is 10.9 Å². The van der Waals surface area contributed by atoms with E-state index in [2.05, 4.69) is 27.4 Å². The predicted octanol–water partition coefficient (Wildman–Crippen LogP) is 2.77. The Labute approximate surface area is 175 Å². The maximum Gasteiger partial charge on any atom is 0.222 e. The van der Waals surface area contributed by atoms with Crippen LogP contribution in [0.25, 0.3) is 0 Å². The van der Waals surface area contributed by atoms with E-state index in [9.17, 15) is 4.79 Å². The number of hydrogen-bond acceptors (Lipinski definition) is 3. The molecule has 152 valence electrons. The van der Waals surface area contributed by atoms with Gasteiger partial charge in [-0.1, -0.05) is 19.3 Å². The van der Waals surface area contributed by atoms with E-state index in [4.69, 9.17) is 4.74 Å². The fraction of sp³-hybridized carbons (Fsp3) is 0.895. The third kappa shape index (κ3) is 9.94. The largest absolute Gasteiger partial charge is 0.379 e. The minimum atomic E-state index is 0. The average molecular weight is 480 g/mol. The molecule has 2 aliphatic rings. The van der Waals surface area contributed by atoms with Crippen molar-refractivity contribution in [3.8, 4) is 0 Å². The summed E-state index contributed by atoms with van der Waals surface area (Å²) in [5.41, 5.74) is 0. The highest BCUT2D eigenvalue weighted by atomic mass is 127. The fourth-order valence-electron chi connectivity index (χ4n) is 3.12. The Kier molecular flexibility index (Phi) is 12.3. The molecule has 0 unspecified atom stereocenters. The van der Waals surface area contributed by atoms with Crippen LogP contribution in [-0.4, -0.2) is 62.7 Å². The highest BCUT2D eigenvalue weighted by molar-refractivity contribution is 14.0. The molecule has 2 saturated carbocycles. The number of carbonyl (C=O) groups is 1. The van der Waals surface area contributed by atoms with Crippen molar-refractivity contribution < 1.29 is 9.53 Å². The first kappa shape index (κ1) is 23.5. The molecule has 2 aliphatic carbocycles. The van der Waals surface area contributed by atoms with Gasteiger partial charge in [-0.25, -0.2) is 0 Å². The lowest BCUT2D eigenvalue weighted by molar-refractivity contribution is -0.121. The number of carbonyl (C=O) groups excluding carboxylic acids is 1. The van der Waals surface area contributed by atoms with Gasteiger partial charge < -0.3 is 20.3 Å². The molecule has 2 N–H and O–H groups in total. The summed E-state index contributed by atoms with van der Waals surface area (Å²) in [4.78, 5) is 18.7. The summed E-state index contributed by atoms with van der Waals surface area (Å²) in [6.07, 6.45) is 9.13. The maximum absolute atomic E-state index is 12.1. The van der Waals surface area contributed by atoms with Crippen LogP contribution < -0.4 is 10.6 Å². The van der Waals surface area contributed by atoms with E-state index in [1.165, 1.54) is 32.1 Å². The molecule has 0 saturated heterocycles. The summed E-state index contributed by atoms with van der Waals surface area (Å²) in [5.74, 6) is 1.78. The highest BCUT2D eigenvalue weighted by Gasteiger charge is 2.21. The summed E-state index contributed by atoms with van der Waals surface area (Å²) in [5, 5.41) is 6.44. The van der Waals surface area contributed by atoms with Crippen LogP contribution in [0.2, 0.25) is 0 Å². The summed E-state index contributed by atoms with van der Waals surface area (Å²) < 4.78 is 5.70. The Morgan fingerprint density at radius 1 is 1.19 bits per heavy atom. The summed E-state index contributed by atoms with van der Waals surface area (Å²) >= 11 is 0. The van der Waals surface area contributed by atoms with Crippen LogP contribution >= 0.6 is 24.0 Å². The SMILES string of the molecule is CCNC(=NCCC(=O)NC1CCCCC1)N(C)CCOCC1CC1.I. The zero-order valence-electron chi connectivity index (χ0n) is 16.5. The Morgan fingerprint density at radius 2 is 1.92 bits per heavy atom. The lowest BCUT2D eigenvalue weighted by Gasteiger charge is -2.23. The second-order valence-corrected chi connectivity index (χ2v) is 7.33. The Hall–Kier alpha value is -0.570. The molecular weight excluding hydrogens is 443 g/mol. The van der Waals surface area contributed by atoms with Crippen LogP contribution in [0.3, 0.4) is 0 Å². The number of nitrogens with one attached hydrogen (secondary N) is 2. The minimum Gasteiger partial charge on any atom is -0.379 e. The van der Waals surface area contributed by atoms with E-state index < -0.39 is 0 Å². The molecule has 0 bridgehead atoms. The van der Waals surface area contributed by atoms with Crippen LogP contribution in [-0.2, 0) is 9.53 Å². The molecule has 7 heteroatoms. The summed E-state index contributed by atoms with van der Waals surface area (Å²) in [7, 11) is 2.02. The van der Waals surface area contributed by atoms with Crippen molar-refractivity contribution in [3.05, 3.63) is 0 Å². The number of guanidine groups is 1. The number of ether oxygens (including phenoxy) is 1. The predicted molar refractivity (Wildman–Crippen MR) is 117 cm³/mol. The number of aliphatic imine (C=N–C) groups is 1. The van der Waals surface area contributed by atoms with Gasteiger partial charge in [0.1, 0.15) is 0 Å². The molecule has 0 aliphatic heterocycles. The monoisotopic (exact) mass is 480 g/mol. The first-order chi connectivity index (χ1) is 12.2. The standard InChI is InChI=1S/C19H36N4O2.HI/c1-3-20-19(23(2)13-14-25-15-16-9-10-16)21-12-11-18(24)22-17-7-5-4-6-8-17;/h16-17H,3-15H2,1-2H3,(H,20,21)(H,22,24);1H. The van der Waals surface area contributed by atoms with Crippen molar-refractivity contribution in [1.82, 2.24) is 15.5 Å². The molecule has 2 rings (SSSR count). The number of likely N-dealkylation sites (N-methyl/N-ethyl adjacent to an activating group) is 1. The minimum absolute atomic E-state index is 0. The van der Waals surface area contributed by atoms with Gasteiger partial charge in [0.2, 0.25) is 5.91 Å². The number of halogens is 1. The first-order valence-corrected chi connectivity index (χ1v) is 10.1. The Morgan fingerprint density at radius 3 is 2.58 bits per heavy atom. The average Bonchev–Trinajstić information content (AvgIpc) is 3.43. The molecule has 0 aromatic carbocycles. The quantitative estimate of drug-likeness (QED) is 0.219. The molecule has 2 fully saturated rings. The van der Waals surface area contributed by atoms with Crippen LogP contribution in [0, 0.1) is 5.92 Å². The lowest BCUT2D eigenvalue weighted by atomic mass is 9.95. The van der Waals surface area contributed by atoms with Crippen molar-refractivity contribution in [3.63, 3.8) is 0 Å². The van der Waals surface area contributed by atoms with Gasteiger partial charge in [-0.15, -0.1) is 24.0 Å². The molecule has 0 aromatic heterocycles. The van der Waals surface area contributed by atoms with Crippen LogP contribution in [0.1, 0.15) is 58.3 Å². The van der Waals surface area contributed by atoms with Crippen molar-refractivity contribution in [1.29, 1.82) is 0 Å². The number of nitrogens with zero attached hydrogens (tertiary/aromatic N) is 2. The maximum atomic E-state index is 12.1. The van der Waals surface area contributed by atoms with E-state index in [1.807, 2.05) is 7.05 Å². The molecule has 0 aromatic rings. The Balaban J connectivity index is 0.00000338. The summed E-state index contributed by atoms with van der Waals surface area (Å²) in [6, 6.07) is 0.379. The van der Waals surface area contributed by atoms with Gasteiger partial charge >= 0.3 is 0 Å². The third-order valence-corrected chi connectivity index (χ3v) is 4.89. The van der Waals surface area contributed by atoms with E-state index in [0.29, 0.717) is 19.0 Å². The molecule has 0 radical (unpaired) electrons. The number of amides is 1. The van der Waals surface area contributed by atoms with Crippen LogP contribution in [0.15, 0.2) is 4.99 Å². The molecule has 0 spiro atoms. The van der Waals surface area contributed by atoms with Crippen molar-refractivity contribution in [2.75, 3.05) is 39.9 Å². The Bertz CT molecular complexity index is 424. The zero-order valence-corrected chi connectivity index (χ0v) is 18.8. The normalized spacial score (nSPS) is 18.2. The van der Waals surface area contributed by atoms with Gasteiger partial charge in [0.05, 0.1) is 13.2 Å². The number of rotatable bonds is 10. The van der Waals surface area contributed by atoms with E-state index in [1.54, 1.807) is 0 Å². The fourth-order valence-corrected chi connectivity index (χ4v) is 3.12. The molecule has 6 nitrogen and oxygen atoms in total. The van der Waals surface area contributed by atoms with Gasteiger partial charge in [-0.2, -0.15) is 0 Å². The van der Waals surface area contributed by atoms with E-state index in [0.717, 1.165) is 51.0 Å². The lowest BCUT2D eigenvalue weighted by Crippen LogP contribution is -2.41. The van der Waals surface area contributed by atoms with Crippen LogP contribution in [0.4, 0.5) is 0 Å². The van der Waals surface area contributed by atoms with Gasteiger partial charge in [0, 0.05) is 39.2 Å². The second-order valence-electron chi connectivity index (χ2n) is 7.33. The third-order valence-electron chi connectivity index (χ3n) is 4.89. The summed E-state index contributed by atoms with van der Waals surface area (Å²) in [6.45, 7) is 5.83. The first-order valence-electron chi connectivity index (χ1n) is 10.1. The number of hydrogen-bond donors (Lipinski definition) is 2. The zero-order chi connectivity index (χ0) is 17.9. The van der Waals surface area contributed by atoms with Gasteiger partial charge in [-0.3, -0.25) is 9.79 Å². The van der Waals surface area contributed by atoms with Crippen LogP contribution in [0.5, 0.6) is 0 Å². The molecule has 0 heterocycles. The van der Waals surface area contributed by atoms with E-state index >= 15 is 0 Å². The molecule has 26 heavy (non-hydrogen) atoms. The smallest absolute Gasteiger partial charge is 0.222 e.